The number of piperidine rings is 1. The van der Waals surface area contributed by atoms with Crippen molar-refractivity contribution in [1.82, 2.24) is 4.90 Å². The Kier molecular flexibility index (Phi) is 2.69. The van der Waals surface area contributed by atoms with E-state index < -0.39 is 12.0 Å². The van der Waals surface area contributed by atoms with Crippen LogP contribution in [0.15, 0.2) is 11.5 Å². The van der Waals surface area contributed by atoms with Crippen molar-refractivity contribution in [3.8, 4) is 0 Å². The average molecular weight is 211 g/mol. The lowest BCUT2D eigenvalue weighted by molar-refractivity contribution is -0.121. The predicted octanol–water partition coefficient (Wildman–Crippen LogP) is 0.822. The number of rotatable bonds is 1. The van der Waals surface area contributed by atoms with Crippen LogP contribution in [0.3, 0.4) is 0 Å². The zero-order valence-corrected chi connectivity index (χ0v) is 8.94. The molecule has 2 aliphatic rings. The highest BCUT2D eigenvalue weighted by molar-refractivity contribution is 5.98. The number of allylic oxidation sites excluding steroid dienone is 1. The first-order valence-corrected chi connectivity index (χ1v) is 5.53. The van der Waals surface area contributed by atoms with Crippen molar-refractivity contribution in [3.63, 3.8) is 0 Å². The van der Waals surface area contributed by atoms with E-state index in [2.05, 4.69) is 0 Å². The summed E-state index contributed by atoms with van der Waals surface area (Å²) < 4.78 is 0. The zero-order chi connectivity index (χ0) is 11.0. The van der Waals surface area contributed by atoms with Crippen molar-refractivity contribution >= 4 is 5.78 Å². The predicted molar refractivity (Wildman–Crippen MR) is 55.3 cm³/mol. The summed E-state index contributed by atoms with van der Waals surface area (Å²) in [6.07, 6.45) is 2.48. The van der Waals surface area contributed by atoms with Gasteiger partial charge in [-0.1, -0.05) is 6.92 Å². The monoisotopic (exact) mass is 211 g/mol. The van der Waals surface area contributed by atoms with Gasteiger partial charge in [0.1, 0.15) is 6.10 Å². The van der Waals surface area contributed by atoms with Crippen LogP contribution in [0.1, 0.15) is 26.2 Å². The molecule has 4 heteroatoms. The molecule has 2 atom stereocenters. The highest BCUT2D eigenvalue weighted by Gasteiger charge is 2.41. The Hall–Kier alpha value is -1.03. The standard InChI is InChI=1S/C11H17NO3/c1-7-9(13)8(11(15)10(7)14)12-5-3-2-4-6-12/h7,9,13,15H,2-6H2,1H3. The highest BCUT2D eigenvalue weighted by Crippen LogP contribution is 2.31. The molecule has 84 valence electrons. The SMILES string of the molecule is CC1C(=O)C(O)=C(N2CCCCC2)C1O. The number of carbonyl (C=O) groups is 1. The van der Waals surface area contributed by atoms with Crippen molar-refractivity contribution < 1.29 is 15.0 Å². The number of Topliss-reactive ketones (excluding diaryl/α,β-unsaturated/α-hetero) is 1. The van der Waals surface area contributed by atoms with Gasteiger partial charge in [-0.25, -0.2) is 0 Å². The Morgan fingerprint density at radius 2 is 1.87 bits per heavy atom. The molecule has 0 aromatic carbocycles. The van der Waals surface area contributed by atoms with Crippen LogP contribution in [0.4, 0.5) is 0 Å². The summed E-state index contributed by atoms with van der Waals surface area (Å²) in [6.45, 7) is 3.31. The Labute approximate surface area is 89.2 Å². The van der Waals surface area contributed by atoms with Crippen LogP contribution in [0, 0.1) is 5.92 Å². The topological polar surface area (TPSA) is 60.8 Å². The third-order valence-corrected chi connectivity index (χ3v) is 3.34. The van der Waals surface area contributed by atoms with Gasteiger partial charge in [-0.3, -0.25) is 4.79 Å². The summed E-state index contributed by atoms with van der Waals surface area (Å²) in [5.41, 5.74) is 0.451. The molecule has 0 amide bonds. The van der Waals surface area contributed by atoms with E-state index in [0.717, 1.165) is 25.9 Å². The molecule has 0 aromatic heterocycles. The van der Waals surface area contributed by atoms with Gasteiger partial charge in [-0.15, -0.1) is 0 Å². The van der Waals surface area contributed by atoms with Crippen molar-refractivity contribution in [2.75, 3.05) is 13.1 Å². The summed E-state index contributed by atoms with van der Waals surface area (Å²) in [5.74, 6) is -1.05. The van der Waals surface area contributed by atoms with Crippen LogP contribution in [-0.2, 0) is 4.79 Å². The Balaban J connectivity index is 2.22. The van der Waals surface area contributed by atoms with E-state index in [1.165, 1.54) is 6.42 Å². The van der Waals surface area contributed by atoms with E-state index in [9.17, 15) is 15.0 Å². The highest BCUT2D eigenvalue weighted by atomic mass is 16.3. The van der Waals surface area contributed by atoms with Gasteiger partial charge >= 0.3 is 0 Å². The second-order valence-corrected chi connectivity index (χ2v) is 4.38. The van der Waals surface area contributed by atoms with Gasteiger partial charge in [0.05, 0.1) is 11.6 Å². The van der Waals surface area contributed by atoms with E-state index in [-0.39, 0.29) is 11.5 Å². The lowest BCUT2D eigenvalue weighted by Gasteiger charge is -2.31. The molecule has 0 aromatic rings. The molecule has 15 heavy (non-hydrogen) atoms. The molecule has 4 nitrogen and oxygen atoms in total. The Bertz CT molecular complexity index is 305. The third-order valence-electron chi connectivity index (χ3n) is 3.34. The van der Waals surface area contributed by atoms with E-state index >= 15 is 0 Å². The molecule has 2 unspecified atom stereocenters. The van der Waals surface area contributed by atoms with Crippen LogP contribution < -0.4 is 0 Å². The van der Waals surface area contributed by atoms with Crippen molar-refractivity contribution in [2.45, 2.75) is 32.3 Å². The van der Waals surface area contributed by atoms with Gasteiger partial charge in [-0.2, -0.15) is 0 Å². The second-order valence-electron chi connectivity index (χ2n) is 4.38. The van der Waals surface area contributed by atoms with E-state index in [4.69, 9.17) is 0 Å². The van der Waals surface area contributed by atoms with Crippen molar-refractivity contribution in [1.29, 1.82) is 0 Å². The van der Waals surface area contributed by atoms with Gasteiger partial charge in [0.15, 0.2) is 5.76 Å². The second kappa shape index (κ2) is 3.85. The maximum Gasteiger partial charge on any atom is 0.204 e. The van der Waals surface area contributed by atoms with E-state index in [1.54, 1.807) is 6.92 Å². The van der Waals surface area contributed by atoms with Gasteiger partial charge < -0.3 is 15.1 Å². The number of aliphatic hydroxyl groups is 2. The molecule has 2 rings (SSSR count). The summed E-state index contributed by atoms with van der Waals surface area (Å²) in [5, 5.41) is 19.5. The molecule has 0 bridgehead atoms. The van der Waals surface area contributed by atoms with Crippen molar-refractivity contribution in [2.24, 2.45) is 5.92 Å². The summed E-state index contributed by atoms with van der Waals surface area (Å²) in [6, 6.07) is 0. The lowest BCUT2D eigenvalue weighted by Crippen LogP contribution is -2.34. The maximum absolute atomic E-state index is 11.5. The fourth-order valence-corrected chi connectivity index (χ4v) is 2.33. The first-order valence-electron chi connectivity index (χ1n) is 5.53. The van der Waals surface area contributed by atoms with Crippen LogP contribution in [0.2, 0.25) is 0 Å². The first-order chi connectivity index (χ1) is 7.13. The minimum Gasteiger partial charge on any atom is -0.503 e. The van der Waals surface area contributed by atoms with Gasteiger partial charge in [0.2, 0.25) is 5.78 Å². The summed E-state index contributed by atoms with van der Waals surface area (Å²) >= 11 is 0. The van der Waals surface area contributed by atoms with Gasteiger partial charge in [0, 0.05) is 13.1 Å². The number of likely N-dealkylation sites (tertiary alicyclic amines) is 1. The molecule has 1 aliphatic carbocycles. The molecule has 1 heterocycles. The molecule has 0 saturated carbocycles. The largest absolute Gasteiger partial charge is 0.503 e. The van der Waals surface area contributed by atoms with Crippen LogP contribution in [0.5, 0.6) is 0 Å². The molecule has 0 radical (unpaired) electrons. The number of aliphatic hydroxyl groups excluding tert-OH is 2. The molecule has 2 N–H and O–H groups in total. The van der Waals surface area contributed by atoms with Crippen LogP contribution in [-0.4, -0.2) is 40.1 Å². The van der Waals surface area contributed by atoms with E-state index in [0.29, 0.717) is 5.70 Å². The minimum atomic E-state index is -0.824. The maximum atomic E-state index is 11.5. The molecular formula is C11H17NO3. The number of nitrogens with zero attached hydrogens (tertiary/aromatic N) is 1. The molecule has 1 saturated heterocycles. The molecule has 0 spiro atoms. The number of carbonyl (C=O) groups excluding carboxylic acids is 1. The van der Waals surface area contributed by atoms with Crippen LogP contribution >= 0.6 is 0 Å². The quantitative estimate of drug-likeness (QED) is 0.674. The molecule has 1 aliphatic heterocycles. The number of hydrogen-bond donors (Lipinski definition) is 2. The number of hydrogen-bond acceptors (Lipinski definition) is 4. The van der Waals surface area contributed by atoms with Crippen LogP contribution in [0.25, 0.3) is 0 Å². The van der Waals surface area contributed by atoms with Gasteiger partial charge in [0.25, 0.3) is 0 Å². The van der Waals surface area contributed by atoms with Gasteiger partial charge in [-0.05, 0) is 19.3 Å². The Morgan fingerprint density at radius 1 is 1.27 bits per heavy atom. The average Bonchev–Trinajstić information content (AvgIpc) is 2.45. The third kappa shape index (κ3) is 1.63. The normalized spacial score (nSPS) is 32.7. The summed E-state index contributed by atoms with van der Waals surface area (Å²) in [7, 11) is 0. The lowest BCUT2D eigenvalue weighted by atomic mass is 10.0. The fraction of sp³-hybridized carbons (Fsp3) is 0.727. The van der Waals surface area contributed by atoms with E-state index in [1.807, 2.05) is 4.90 Å². The molecular weight excluding hydrogens is 194 g/mol. The Morgan fingerprint density at radius 3 is 2.33 bits per heavy atom. The fourth-order valence-electron chi connectivity index (χ4n) is 2.33. The first kappa shape index (κ1) is 10.5. The van der Waals surface area contributed by atoms with Crippen molar-refractivity contribution in [3.05, 3.63) is 11.5 Å². The summed E-state index contributed by atoms with van der Waals surface area (Å²) in [4.78, 5) is 13.4. The number of ketones is 1. The smallest absolute Gasteiger partial charge is 0.204 e. The zero-order valence-electron chi connectivity index (χ0n) is 8.94. The minimum absolute atomic E-state index is 0.225. The molecule has 1 fully saturated rings.